The molecule has 0 bridgehead atoms. The van der Waals surface area contributed by atoms with E-state index in [9.17, 15) is 0 Å². The minimum Gasteiger partial charge on any atom is -0.495 e. The highest BCUT2D eigenvalue weighted by molar-refractivity contribution is 6.30. The molecule has 0 aliphatic rings. The van der Waals surface area contributed by atoms with E-state index in [1.807, 2.05) is 37.3 Å². The number of hydrogen-bond acceptors (Lipinski definition) is 2. The summed E-state index contributed by atoms with van der Waals surface area (Å²) in [6, 6.07) is 14.2. The van der Waals surface area contributed by atoms with Crippen LogP contribution >= 0.6 is 11.6 Å². The van der Waals surface area contributed by atoms with E-state index in [0.717, 1.165) is 22.0 Å². The highest BCUT2D eigenvalue weighted by Gasteiger charge is 2.09. The van der Waals surface area contributed by atoms with E-state index in [-0.39, 0.29) is 6.04 Å². The van der Waals surface area contributed by atoms with Crippen LogP contribution in [0.3, 0.4) is 0 Å². The maximum Gasteiger partial charge on any atom is 0.142 e. The third-order valence-corrected chi connectivity index (χ3v) is 3.31. The van der Waals surface area contributed by atoms with Crippen LogP contribution in [0.4, 0.5) is 5.69 Å². The van der Waals surface area contributed by atoms with E-state index in [4.69, 9.17) is 16.3 Å². The van der Waals surface area contributed by atoms with Crippen molar-refractivity contribution in [3.05, 3.63) is 58.6 Å². The summed E-state index contributed by atoms with van der Waals surface area (Å²) in [5, 5.41) is 4.20. The van der Waals surface area contributed by atoms with Gasteiger partial charge in [0.05, 0.1) is 12.8 Å². The van der Waals surface area contributed by atoms with Crippen LogP contribution in [-0.4, -0.2) is 7.11 Å². The van der Waals surface area contributed by atoms with Crippen molar-refractivity contribution in [2.75, 3.05) is 12.4 Å². The molecular formula is C16H18ClNO. The van der Waals surface area contributed by atoms with Crippen molar-refractivity contribution in [1.82, 2.24) is 0 Å². The highest BCUT2D eigenvalue weighted by Crippen LogP contribution is 2.29. The van der Waals surface area contributed by atoms with Crippen molar-refractivity contribution in [2.45, 2.75) is 19.9 Å². The molecule has 3 heteroatoms. The Hall–Kier alpha value is -1.67. The maximum atomic E-state index is 6.02. The lowest BCUT2D eigenvalue weighted by atomic mass is 10.1. The summed E-state index contributed by atoms with van der Waals surface area (Å²) < 4.78 is 5.40. The second-order valence-electron chi connectivity index (χ2n) is 4.62. The van der Waals surface area contributed by atoms with Gasteiger partial charge in [-0.1, -0.05) is 29.8 Å². The summed E-state index contributed by atoms with van der Waals surface area (Å²) in [5.74, 6) is 0.855. The Labute approximate surface area is 119 Å². The van der Waals surface area contributed by atoms with Gasteiger partial charge >= 0.3 is 0 Å². The van der Waals surface area contributed by atoms with Gasteiger partial charge < -0.3 is 10.1 Å². The van der Waals surface area contributed by atoms with Gasteiger partial charge in [0.15, 0.2) is 0 Å². The molecule has 0 radical (unpaired) electrons. The van der Waals surface area contributed by atoms with Crippen LogP contribution in [0.15, 0.2) is 42.5 Å². The molecule has 1 unspecified atom stereocenters. The fraction of sp³-hybridized carbons (Fsp3) is 0.250. The number of hydrogen-bond donors (Lipinski definition) is 1. The summed E-state index contributed by atoms with van der Waals surface area (Å²) in [5.41, 5.74) is 3.31. The topological polar surface area (TPSA) is 21.3 Å². The summed E-state index contributed by atoms with van der Waals surface area (Å²) >= 11 is 6.02. The van der Waals surface area contributed by atoms with Crippen molar-refractivity contribution in [1.29, 1.82) is 0 Å². The van der Waals surface area contributed by atoms with Crippen molar-refractivity contribution in [3.8, 4) is 5.75 Å². The first kappa shape index (κ1) is 13.8. The average molecular weight is 276 g/mol. The van der Waals surface area contributed by atoms with E-state index < -0.39 is 0 Å². The van der Waals surface area contributed by atoms with Gasteiger partial charge in [0.25, 0.3) is 0 Å². The zero-order valence-corrected chi connectivity index (χ0v) is 12.2. The lowest BCUT2D eigenvalue weighted by molar-refractivity contribution is 0.416. The number of benzene rings is 2. The largest absolute Gasteiger partial charge is 0.495 e. The van der Waals surface area contributed by atoms with Crippen LogP contribution in [0.25, 0.3) is 0 Å². The molecule has 1 N–H and O–H groups in total. The number of anilines is 1. The minimum atomic E-state index is 0.162. The van der Waals surface area contributed by atoms with E-state index >= 15 is 0 Å². The zero-order chi connectivity index (χ0) is 13.8. The first-order valence-electron chi connectivity index (χ1n) is 6.27. The number of aryl methyl sites for hydroxylation is 1. The van der Waals surface area contributed by atoms with Gasteiger partial charge in [-0.15, -0.1) is 0 Å². The fourth-order valence-corrected chi connectivity index (χ4v) is 2.21. The Morgan fingerprint density at radius 3 is 2.63 bits per heavy atom. The molecular weight excluding hydrogens is 258 g/mol. The number of nitrogens with one attached hydrogen (secondary N) is 1. The molecule has 2 aromatic carbocycles. The highest BCUT2D eigenvalue weighted by atomic mass is 35.5. The third kappa shape index (κ3) is 3.42. The molecule has 1 atom stereocenters. The van der Waals surface area contributed by atoms with Gasteiger partial charge in [0.1, 0.15) is 5.75 Å². The molecule has 2 aromatic rings. The first-order valence-corrected chi connectivity index (χ1v) is 6.64. The molecule has 0 aliphatic carbocycles. The van der Waals surface area contributed by atoms with Gasteiger partial charge in [-0.05, 0) is 49.2 Å². The second kappa shape index (κ2) is 5.98. The Balaban J connectivity index is 2.21. The molecule has 0 fully saturated rings. The number of halogens is 1. The van der Waals surface area contributed by atoms with Crippen molar-refractivity contribution < 1.29 is 4.74 Å². The van der Waals surface area contributed by atoms with Crippen LogP contribution in [0, 0.1) is 6.92 Å². The standard InChI is InChI=1S/C16H18ClNO/c1-11-7-8-15(16(9-11)19-3)18-12(2)13-5-4-6-14(17)10-13/h4-10,12,18H,1-3H3. The Bertz CT molecular complexity index is 568. The van der Waals surface area contributed by atoms with Crippen molar-refractivity contribution >= 4 is 17.3 Å². The summed E-state index contributed by atoms with van der Waals surface area (Å²) in [7, 11) is 1.68. The van der Waals surface area contributed by atoms with Gasteiger partial charge in [-0.25, -0.2) is 0 Å². The summed E-state index contributed by atoms with van der Waals surface area (Å²) in [6.45, 7) is 4.15. The molecule has 100 valence electrons. The van der Waals surface area contributed by atoms with Crippen LogP contribution in [-0.2, 0) is 0 Å². The fourth-order valence-electron chi connectivity index (χ4n) is 2.01. The molecule has 2 rings (SSSR count). The number of methoxy groups -OCH3 is 1. The minimum absolute atomic E-state index is 0.162. The number of rotatable bonds is 4. The van der Waals surface area contributed by atoms with Crippen LogP contribution in [0.1, 0.15) is 24.1 Å². The maximum absolute atomic E-state index is 6.02. The molecule has 19 heavy (non-hydrogen) atoms. The van der Waals surface area contributed by atoms with E-state index in [0.29, 0.717) is 0 Å². The van der Waals surface area contributed by atoms with Gasteiger partial charge in [0.2, 0.25) is 0 Å². The van der Waals surface area contributed by atoms with Gasteiger partial charge in [0, 0.05) is 11.1 Å². The molecule has 0 spiro atoms. The SMILES string of the molecule is COc1cc(C)ccc1NC(C)c1cccc(Cl)c1. The van der Waals surface area contributed by atoms with E-state index in [2.05, 4.69) is 24.4 Å². The lowest BCUT2D eigenvalue weighted by Crippen LogP contribution is -2.07. The predicted molar refractivity (Wildman–Crippen MR) is 81.2 cm³/mol. The molecule has 0 heterocycles. The van der Waals surface area contributed by atoms with Gasteiger partial charge in [-0.2, -0.15) is 0 Å². The smallest absolute Gasteiger partial charge is 0.142 e. The third-order valence-electron chi connectivity index (χ3n) is 3.08. The van der Waals surface area contributed by atoms with E-state index in [1.54, 1.807) is 7.11 Å². The molecule has 0 aliphatic heterocycles. The van der Waals surface area contributed by atoms with Crippen LogP contribution in [0.5, 0.6) is 5.75 Å². The van der Waals surface area contributed by atoms with Crippen LogP contribution < -0.4 is 10.1 Å². The quantitative estimate of drug-likeness (QED) is 0.863. The molecule has 2 nitrogen and oxygen atoms in total. The Kier molecular flexibility index (Phi) is 4.33. The molecule has 0 saturated carbocycles. The molecule has 0 amide bonds. The number of ether oxygens (including phenoxy) is 1. The first-order chi connectivity index (χ1) is 9.10. The normalized spacial score (nSPS) is 12.0. The molecule has 0 saturated heterocycles. The summed E-state index contributed by atoms with van der Waals surface area (Å²) in [4.78, 5) is 0. The average Bonchev–Trinajstić information content (AvgIpc) is 2.40. The molecule has 0 aromatic heterocycles. The lowest BCUT2D eigenvalue weighted by Gasteiger charge is -2.18. The van der Waals surface area contributed by atoms with Gasteiger partial charge in [-0.3, -0.25) is 0 Å². The van der Waals surface area contributed by atoms with Crippen LogP contribution in [0.2, 0.25) is 5.02 Å². The predicted octanol–water partition coefficient (Wildman–Crippen LogP) is 4.83. The monoisotopic (exact) mass is 275 g/mol. The zero-order valence-electron chi connectivity index (χ0n) is 11.4. The Morgan fingerprint density at radius 2 is 1.95 bits per heavy atom. The van der Waals surface area contributed by atoms with Crippen molar-refractivity contribution in [2.24, 2.45) is 0 Å². The Morgan fingerprint density at radius 1 is 1.16 bits per heavy atom. The summed E-state index contributed by atoms with van der Waals surface area (Å²) in [6.07, 6.45) is 0. The van der Waals surface area contributed by atoms with Crippen molar-refractivity contribution in [3.63, 3.8) is 0 Å². The van der Waals surface area contributed by atoms with E-state index in [1.165, 1.54) is 5.56 Å². The second-order valence-corrected chi connectivity index (χ2v) is 5.06.